The van der Waals surface area contributed by atoms with Crippen molar-refractivity contribution < 1.29 is 4.79 Å². The summed E-state index contributed by atoms with van der Waals surface area (Å²) in [4.78, 5) is 24.3. The number of rotatable bonds is 1. The predicted molar refractivity (Wildman–Crippen MR) is 83.9 cm³/mol. The molecule has 1 aromatic rings. The smallest absolute Gasteiger partial charge is 0.282 e. The average molecular weight is 305 g/mol. The molecule has 112 valence electrons. The van der Waals surface area contributed by atoms with E-state index in [9.17, 15) is 4.79 Å². The van der Waals surface area contributed by atoms with Crippen molar-refractivity contribution in [3.63, 3.8) is 0 Å². The number of aromatic nitrogens is 1. The zero-order valence-electron chi connectivity index (χ0n) is 12.1. The first-order valence-electron chi connectivity index (χ1n) is 7.12. The fourth-order valence-corrected chi connectivity index (χ4v) is 3.88. The second-order valence-electron chi connectivity index (χ2n) is 5.10. The number of hydrogen-bond donors (Lipinski definition) is 2. The van der Waals surface area contributed by atoms with Crippen LogP contribution in [0.2, 0.25) is 0 Å². The first-order valence-corrected chi connectivity index (χ1v) is 7.94. The van der Waals surface area contributed by atoms with Crippen LogP contribution in [-0.2, 0) is 6.42 Å². The maximum absolute atomic E-state index is 12.5. The molecule has 1 aromatic heterocycles. The maximum Gasteiger partial charge on any atom is 0.282 e. The fourth-order valence-electron chi connectivity index (χ4n) is 2.73. The summed E-state index contributed by atoms with van der Waals surface area (Å²) in [7, 11) is 1.76. The molecule has 0 spiro atoms. The third-order valence-electron chi connectivity index (χ3n) is 3.86. The van der Waals surface area contributed by atoms with E-state index in [-0.39, 0.29) is 5.91 Å². The number of thiazole rings is 1. The van der Waals surface area contributed by atoms with Crippen molar-refractivity contribution in [2.75, 3.05) is 33.2 Å². The van der Waals surface area contributed by atoms with E-state index in [0.29, 0.717) is 5.01 Å². The van der Waals surface area contributed by atoms with Crippen LogP contribution in [0.25, 0.3) is 0 Å². The molecule has 1 saturated heterocycles. The summed E-state index contributed by atoms with van der Waals surface area (Å²) in [5, 5.41) is 3.82. The van der Waals surface area contributed by atoms with E-state index < -0.39 is 0 Å². The Labute approximate surface area is 127 Å². The van der Waals surface area contributed by atoms with E-state index in [1.165, 1.54) is 11.3 Å². The fraction of sp³-hybridized carbons (Fsp3) is 0.500. The van der Waals surface area contributed by atoms with Gasteiger partial charge in [-0.15, -0.1) is 11.3 Å². The van der Waals surface area contributed by atoms with E-state index in [1.54, 1.807) is 13.2 Å². The van der Waals surface area contributed by atoms with E-state index in [2.05, 4.69) is 15.3 Å². The Morgan fingerprint density at radius 1 is 1.43 bits per heavy atom. The van der Waals surface area contributed by atoms with Crippen LogP contribution in [0.4, 0.5) is 0 Å². The number of piperazine rings is 1. The number of aliphatic imine (C=N–C) groups is 1. The van der Waals surface area contributed by atoms with Crippen LogP contribution in [0.1, 0.15) is 26.8 Å². The van der Waals surface area contributed by atoms with Gasteiger partial charge in [-0.05, 0) is 24.6 Å². The minimum absolute atomic E-state index is 0.0321. The van der Waals surface area contributed by atoms with Gasteiger partial charge in [-0.2, -0.15) is 0 Å². The van der Waals surface area contributed by atoms with E-state index in [1.807, 2.05) is 4.90 Å². The van der Waals surface area contributed by atoms with Crippen LogP contribution in [-0.4, -0.2) is 54.7 Å². The predicted octanol–water partition coefficient (Wildman–Crippen LogP) is 0.396. The van der Waals surface area contributed by atoms with Crippen LogP contribution in [0.3, 0.4) is 0 Å². The molecule has 7 heteroatoms. The SMILES string of the molecule is CN=C1C(=CN)CCc2nc(C(=O)N3CCNCC3)sc21. The number of allylic oxidation sites excluding steroid dienone is 1. The lowest BCUT2D eigenvalue weighted by Crippen LogP contribution is -2.46. The van der Waals surface area contributed by atoms with Gasteiger partial charge in [0, 0.05) is 33.2 Å². The number of amides is 1. The van der Waals surface area contributed by atoms with Crippen molar-refractivity contribution in [2.45, 2.75) is 12.8 Å². The van der Waals surface area contributed by atoms with Crippen molar-refractivity contribution in [3.8, 4) is 0 Å². The monoisotopic (exact) mass is 305 g/mol. The molecule has 0 saturated carbocycles. The molecule has 2 aliphatic rings. The van der Waals surface area contributed by atoms with Gasteiger partial charge in [-0.1, -0.05) is 0 Å². The van der Waals surface area contributed by atoms with Gasteiger partial charge in [0.1, 0.15) is 0 Å². The highest BCUT2D eigenvalue weighted by atomic mass is 32.1. The van der Waals surface area contributed by atoms with Gasteiger partial charge in [0.2, 0.25) is 0 Å². The molecule has 0 bridgehead atoms. The number of fused-ring (bicyclic) bond motifs is 1. The van der Waals surface area contributed by atoms with E-state index in [0.717, 1.165) is 60.9 Å². The van der Waals surface area contributed by atoms with Gasteiger partial charge < -0.3 is 16.0 Å². The highest BCUT2D eigenvalue weighted by molar-refractivity contribution is 7.16. The Morgan fingerprint density at radius 2 is 2.19 bits per heavy atom. The number of carbonyl (C=O) groups excluding carboxylic acids is 1. The summed E-state index contributed by atoms with van der Waals surface area (Å²) in [6.45, 7) is 3.18. The standard InChI is InChI=1S/C14H19N5OS/c1-16-11-9(8-15)2-3-10-12(11)21-13(18-10)14(20)19-6-4-17-5-7-19/h8,17H,2-7,15H2,1H3. The van der Waals surface area contributed by atoms with Crippen LogP contribution >= 0.6 is 11.3 Å². The van der Waals surface area contributed by atoms with Gasteiger partial charge in [-0.25, -0.2) is 4.98 Å². The lowest BCUT2D eigenvalue weighted by molar-refractivity contribution is 0.0735. The molecule has 1 aliphatic heterocycles. The van der Waals surface area contributed by atoms with Gasteiger partial charge in [0.15, 0.2) is 5.01 Å². The summed E-state index contributed by atoms with van der Waals surface area (Å²) in [5.41, 5.74) is 8.57. The van der Waals surface area contributed by atoms with Crippen LogP contribution in [0, 0.1) is 0 Å². The van der Waals surface area contributed by atoms with E-state index in [4.69, 9.17) is 5.73 Å². The van der Waals surface area contributed by atoms with Crippen molar-refractivity contribution >= 4 is 23.0 Å². The molecule has 1 fully saturated rings. The molecule has 0 unspecified atom stereocenters. The van der Waals surface area contributed by atoms with Crippen molar-refractivity contribution in [2.24, 2.45) is 10.7 Å². The molecule has 0 aromatic carbocycles. The van der Waals surface area contributed by atoms with Gasteiger partial charge in [0.25, 0.3) is 5.91 Å². The molecule has 1 aliphatic carbocycles. The van der Waals surface area contributed by atoms with Gasteiger partial charge in [-0.3, -0.25) is 9.79 Å². The third kappa shape index (κ3) is 2.58. The topological polar surface area (TPSA) is 83.6 Å². The Morgan fingerprint density at radius 3 is 2.86 bits per heavy atom. The molecule has 0 atom stereocenters. The number of nitrogens with zero attached hydrogens (tertiary/aromatic N) is 3. The minimum Gasteiger partial charge on any atom is -0.404 e. The Balaban J connectivity index is 1.90. The van der Waals surface area contributed by atoms with Crippen LogP contribution < -0.4 is 11.1 Å². The normalized spacial score (nSPS) is 22.6. The lowest BCUT2D eigenvalue weighted by atomic mass is 9.96. The zero-order valence-corrected chi connectivity index (χ0v) is 12.9. The molecular weight excluding hydrogens is 286 g/mol. The molecular formula is C14H19N5OS. The molecule has 1 amide bonds. The Hall–Kier alpha value is -1.73. The second-order valence-corrected chi connectivity index (χ2v) is 6.10. The van der Waals surface area contributed by atoms with Gasteiger partial charge in [0.05, 0.1) is 16.3 Å². The summed E-state index contributed by atoms with van der Waals surface area (Å²) in [6, 6.07) is 0. The molecule has 3 rings (SSSR count). The summed E-state index contributed by atoms with van der Waals surface area (Å²) in [6.07, 6.45) is 3.27. The molecule has 2 heterocycles. The molecule has 6 nitrogen and oxygen atoms in total. The molecule has 0 radical (unpaired) electrons. The number of nitrogens with one attached hydrogen (secondary N) is 1. The third-order valence-corrected chi connectivity index (χ3v) is 4.95. The Kier molecular flexibility index (Phi) is 4.03. The maximum atomic E-state index is 12.5. The first kappa shape index (κ1) is 14.2. The van der Waals surface area contributed by atoms with Crippen molar-refractivity contribution in [1.82, 2.24) is 15.2 Å². The number of hydrogen-bond acceptors (Lipinski definition) is 6. The Bertz CT molecular complexity index is 613. The molecule has 21 heavy (non-hydrogen) atoms. The number of aryl methyl sites for hydroxylation is 1. The van der Waals surface area contributed by atoms with Crippen molar-refractivity contribution in [3.05, 3.63) is 27.4 Å². The zero-order chi connectivity index (χ0) is 14.8. The summed E-state index contributed by atoms with van der Waals surface area (Å²) < 4.78 is 0. The largest absolute Gasteiger partial charge is 0.404 e. The minimum atomic E-state index is 0.0321. The first-order chi connectivity index (χ1) is 10.2. The quantitative estimate of drug-likeness (QED) is 0.786. The summed E-state index contributed by atoms with van der Waals surface area (Å²) in [5.74, 6) is 0.0321. The number of carbonyl (C=O) groups is 1. The van der Waals surface area contributed by atoms with Crippen LogP contribution in [0.5, 0.6) is 0 Å². The van der Waals surface area contributed by atoms with Crippen molar-refractivity contribution in [1.29, 1.82) is 0 Å². The van der Waals surface area contributed by atoms with E-state index >= 15 is 0 Å². The molecule has 3 N–H and O–H groups in total. The lowest BCUT2D eigenvalue weighted by Gasteiger charge is -2.26. The summed E-state index contributed by atoms with van der Waals surface area (Å²) >= 11 is 1.44. The second kappa shape index (κ2) is 5.95. The van der Waals surface area contributed by atoms with Gasteiger partial charge >= 0.3 is 0 Å². The average Bonchev–Trinajstić information content (AvgIpc) is 2.97. The van der Waals surface area contributed by atoms with Crippen LogP contribution in [0.15, 0.2) is 16.8 Å². The highest BCUT2D eigenvalue weighted by Crippen LogP contribution is 2.30. The highest BCUT2D eigenvalue weighted by Gasteiger charge is 2.28. The number of nitrogens with two attached hydrogens (primary N) is 1.